The van der Waals surface area contributed by atoms with Gasteiger partial charge in [0.2, 0.25) is 4.77 Å². The molecule has 1 aromatic heterocycles. The number of hydrogen-bond acceptors (Lipinski definition) is 3. The van der Waals surface area contributed by atoms with Crippen LogP contribution in [0.5, 0.6) is 0 Å². The zero-order chi connectivity index (χ0) is 8.97. The number of hydrogen-bond donors (Lipinski definition) is 1. The van der Waals surface area contributed by atoms with E-state index in [1.54, 1.807) is 11.8 Å². The number of H-pyrrole nitrogens is 1. The van der Waals surface area contributed by atoms with Crippen molar-refractivity contribution in [2.75, 3.05) is 13.7 Å². The summed E-state index contributed by atoms with van der Waals surface area (Å²) in [5.41, 5.74) is 0. The van der Waals surface area contributed by atoms with Gasteiger partial charge in [-0.1, -0.05) is 0 Å². The number of ether oxygens (including phenoxy) is 1. The monoisotopic (exact) mass is 187 g/mol. The maximum absolute atomic E-state index is 4.94. The van der Waals surface area contributed by atoms with Gasteiger partial charge in [-0.05, 0) is 18.6 Å². The van der Waals surface area contributed by atoms with Gasteiger partial charge in [0.05, 0.1) is 0 Å². The molecule has 1 rings (SSSR count). The zero-order valence-electron chi connectivity index (χ0n) is 7.33. The molecule has 0 radical (unpaired) electrons. The molecule has 0 amide bonds. The minimum absolute atomic E-state index is 0.599. The van der Waals surface area contributed by atoms with Gasteiger partial charge in [-0.15, -0.1) is 0 Å². The van der Waals surface area contributed by atoms with E-state index < -0.39 is 0 Å². The summed E-state index contributed by atoms with van der Waals surface area (Å²) in [7, 11) is 3.55. The van der Waals surface area contributed by atoms with Crippen molar-refractivity contribution in [3.05, 3.63) is 10.6 Å². The quantitative estimate of drug-likeness (QED) is 0.566. The van der Waals surface area contributed by atoms with Crippen LogP contribution >= 0.6 is 12.2 Å². The summed E-state index contributed by atoms with van der Waals surface area (Å²) >= 11 is 4.94. The SMILES string of the molecule is COCCCc1nc(=S)n(C)[nH]1. The molecular formula is C7H13N3OS. The van der Waals surface area contributed by atoms with Crippen LogP contribution in [0.25, 0.3) is 0 Å². The number of rotatable bonds is 4. The van der Waals surface area contributed by atoms with Crippen LogP contribution in [0, 0.1) is 4.77 Å². The standard InChI is InChI=1S/C7H13N3OS/c1-10-7(12)8-6(9-10)4-3-5-11-2/h3-5H2,1-2H3,(H,8,9,12). The molecule has 0 saturated heterocycles. The van der Waals surface area contributed by atoms with Crippen LogP contribution in [0.4, 0.5) is 0 Å². The topological polar surface area (TPSA) is 42.8 Å². The van der Waals surface area contributed by atoms with Crippen LogP contribution in [0.1, 0.15) is 12.2 Å². The molecule has 0 aliphatic rings. The Labute approximate surface area is 76.6 Å². The molecule has 0 unspecified atom stereocenters. The predicted octanol–water partition coefficient (Wildman–Crippen LogP) is 1.06. The number of aromatic nitrogens is 3. The Morgan fingerprint density at radius 1 is 1.67 bits per heavy atom. The lowest BCUT2D eigenvalue weighted by Gasteiger charge is -1.95. The lowest BCUT2D eigenvalue weighted by molar-refractivity contribution is 0.194. The highest BCUT2D eigenvalue weighted by molar-refractivity contribution is 7.71. The van der Waals surface area contributed by atoms with E-state index in [0.29, 0.717) is 4.77 Å². The van der Waals surface area contributed by atoms with Crippen molar-refractivity contribution >= 4 is 12.2 Å². The second-order valence-electron chi connectivity index (χ2n) is 2.61. The Balaban J connectivity index is 2.47. The summed E-state index contributed by atoms with van der Waals surface area (Å²) in [6.07, 6.45) is 1.86. The fourth-order valence-corrected chi connectivity index (χ4v) is 1.11. The van der Waals surface area contributed by atoms with Crippen LogP contribution in [-0.2, 0) is 18.2 Å². The van der Waals surface area contributed by atoms with Gasteiger partial charge >= 0.3 is 0 Å². The second kappa shape index (κ2) is 4.37. The maximum Gasteiger partial charge on any atom is 0.215 e. The summed E-state index contributed by atoms with van der Waals surface area (Å²) in [6.45, 7) is 0.761. The van der Waals surface area contributed by atoms with Crippen LogP contribution in [0.15, 0.2) is 0 Å². The highest BCUT2D eigenvalue weighted by atomic mass is 32.1. The molecule has 0 atom stereocenters. The van der Waals surface area contributed by atoms with Crippen molar-refractivity contribution in [3.8, 4) is 0 Å². The molecule has 4 nitrogen and oxygen atoms in total. The van der Waals surface area contributed by atoms with E-state index >= 15 is 0 Å². The van der Waals surface area contributed by atoms with Crippen molar-refractivity contribution in [2.45, 2.75) is 12.8 Å². The first-order valence-corrected chi connectivity index (χ1v) is 4.25. The van der Waals surface area contributed by atoms with Crippen molar-refractivity contribution < 1.29 is 4.74 Å². The average Bonchev–Trinajstić information content (AvgIpc) is 2.32. The van der Waals surface area contributed by atoms with Gasteiger partial charge in [-0.3, -0.25) is 9.78 Å². The fourth-order valence-electron chi connectivity index (χ4n) is 0.953. The third-order valence-electron chi connectivity index (χ3n) is 1.58. The number of methoxy groups -OCH3 is 1. The zero-order valence-corrected chi connectivity index (χ0v) is 8.15. The van der Waals surface area contributed by atoms with Gasteiger partial charge in [-0.25, -0.2) is 4.98 Å². The first-order valence-electron chi connectivity index (χ1n) is 3.85. The van der Waals surface area contributed by atoms with E-state index in [-0.39, 0.29) is 0 Å². The van der Waals surface area contributed by atoms with Gasteiger partial charge in [0.25, 0.3) is 0 Å². The van der Waals surface area contributed by atoms with E-state index in [4.69, 9.17) is 17.0 Å². The first kappa shape index (κ1) is 9.41. The summed E-state index contributed by atoms with van der Waals surface area (Å²) in [6, 6.07) is 0. The summed E-state index contributed by atoms with van der Waals surface area (Å²) in [5.74, 6) is 0.930. The minimum Gasteiger partial charge on any atom is -0.385 e. The Kier molecular flexibility index (Phi) is 3.43. The molecule has 0 saturated carbocycles. The summed E-state index contributed by atoms with van der Waals surface area (Å²) in [4.78, 5) is 4.15. The highest BCUT2D eigenvalue weighted by Crippen LogP contribution is 1.95. The molecule has 68 valence electrons. The lowest BCUT2D eigenvalue weighted by Crippen LogP contribution is -1.96. The van der Waals surface area contributed by atoms with E-state index in [1.807, 2.05) is 7.05 Å². The Hall–Kier alpha value is -0.680. The summed E-state index contributed by atoms with van der Waals surface area (Å²) in [5, 5.41) is 3.05. The maximum atomic E-state index is 4.94. The number of aromatic amines is 1. The van der Waals surface area contributed by atoms with E-state index in [1.165, 1.54) is 0 Å². The Morgan fingerprint density at radius 3 is 2.92 bits per heavy atom. The van der Waals surface area contributed by atoms with Crippen molar-refractivity contribution in [2.24, 2.45) is 7.05 Å². The molecule has 0 bridgehead atoms. The molecule has 5 heteroatoms. The number of nitrogens with one attached hydrogen (secondary N) is 1. The molecule has 1 N–H and O–H groups in total. The molecule has 1 aromatic rings. The van der Waals surface area contributed by atoms with Gasteiger partial charge in [-0.2, -0.15) is 0 Å². The molecule has 0 aliphatic heterocycles. The van der Waals surface area contributed by atoms with Crippen LogP contribution in [0.3, 0.4) is 0 Å². The van der Waals surface area contributed by atoms with Crippen molar-refractivity contribution in [3.63, 3.8) is 0 Å². The third kappa shape index (κ3) is 2.42. The number of nitrogens with zero attached hydrogens (tertiary/aromatic N) is 2. The largest absolute Gasteiger partial charge is 0.385 e. The molecular weight excluding hydrogens is 174 g/mol. The molecule has 0 fully saturated rings. The van der Waals surface area contributed by atoms with Crippen LogP contribution in [-0.4, -0.2) is 28.5 Å². The van der Waals surface area contributed by atoms with Crippen LogP contribution in [0.2, 0.25) is 0 Å². The van der Waals surface area contributed by atoms with E-state index in [2.05, 4.69) is 10.1 Å². The second-order valence-corrected chi connectivity index (χ2v) is 2.97. The van der Waals surface area contributed by atoms with E-state index in [0.717, 1.165) is 25.3 Å². The van der Waals surface area contributed by atoms with Gasteiger partial charge < -0.3 is 4.74 Å². The summed E-state index contributed by atoms with van der Waals surface area (Å²) < 4.78 is 7.26. The Bertz CT molecular complexity index is 291. The van der Waals surface area contributed by atoms with Crippen molar-refractivity contribution in [1.29, 1.82) is 0 Å². The van der Waals surface area contributed by atoms with Gasteiger partial charge in [0.15, 0.2) is 0 Å². The molecule has 0 spiro atoms. The minimum atomic E-state index is 0.599. The van der Waals surface area contributed by atoms with Gasteiger partial charge in [0.1, 0.15) is 5.82 Å². The average molecular weight is 187 g/mol. The molecule has 0 aliphatic carbocycles. The smallest absolute Gasteiger partial charge is 0.215 e. The molecule has 12 heavy (non-hydrogen) atoms. The van der Waals surface area contributed by atoms with E-state index in [9.17, 15) is 0 Å². The fraction of sp³-hybridized carbons (Fsp3) is 0.714. The van der Waals surface area contributed by atoms with Crippen molar-refractivity contribution in [1.82, 2.24) is 14.8 Å². The van der Waals surface area contributed by atoms with Gasteiger partial charge in [0, 0.05) is 27.2 Å². The Morgan fingerprint density at radius 2 is 2.42 bits per heavy atom. The first-order chi connectivity index (χ1) is 5.74. The van der Waals surface area contributed by atoms with Crippen LogP contribution < -0.4 is 0 Å². The molecule has 1 heterocycles. The lowest BCUT2D eigenvalue weighted by atomic mass is 10.3. The third-order valence-corrected chi connectivity index (χ3v) is 1.94. The molecule has 0 aromatic carbocycles. The predicted molar refractivity (Wildman–Crippen MR) is 48.6 cm³/mol. The highest BCUT2D eigenvalue weighted by Gasteiger charge is 1.97. The number of aryl methyl sites for hydroxylation is 2. The normalized spacial score (nSPS) is 10.5.